The maximum Gasteiger partial charge on any atom is -0.0000348 e. The number of rotatable bonds is 0. The molecule has 0 heteroatoms. The summed E-state index contributed by atoms with van der Waals surface area (Å²) in [7, 11) is 0. The number of hydrogen-bond acceptors (Lipinski definition) is 0. The molecule has 0 fully saturated rings. The summed E-state index contributed by atoms with van der Waals surface area (Å²) in [6.45, 7) is 20.0. The Balaban J connectivity index is -0.000000177. The Kier molecular flexibility index (Phi) is 41.5. The number of terminal acetylenes is 1. The van der Waals surface area contributed by atoms with E-state index in [4.69, 9.17) is 6.42 Å². The largest absolute Gasteiger partial charge is 0.106 e. The summed E-state index contributed by atoms with van der Waals surface area (Å²) in [4.78, 5) is 0. The van der Waals surface area contributed by atoms with Gasteiger partial charge < -0.3 is 0 Å². The van der Waals surface area contributed by atoms with E-state index in [9.17, 15) is 0 Å². The van der Waals surface area contributed by atoms with Gasteiger partial charge in [0, 0.05) is 0 Å². The maximum absolute atomic E-state index is 4.82. The summed E-state index contributed by atoms with van der Waals surface area (Å²) in [5.41, 5.74) is 3.97. The molecule has 3 aromatic carbocycles. The van der Waals surface area contributed by atoms with Crippen LogP contribution in [-0.2, 0) is 0 Å². The van der Waals surface area contributed by atoms with Crippen LogP contribution in [0.1, 0.15) is 65.2 Å². The Hall–Kier alpha value is -4.10. The highest BCUT2D eigenvalue weighted by atomic mass is 13.8. The van der Waals surface area contributed by atoms with Crippen molar-refractivity contribution in [3.63, 3.8) is 0 Å². The highest BCUT2D eigenvalue weighted by molar-refractivity contribution is 5.38. The second-order valence-corrected chi connectivity index (χ2v) is 5.98. The zero-order valence-electron chi connectivity index (χ0n) is 24.2. The third-order valence-corrected chi connectivity index (χ3v) is 3.27. The Bertz CT molecular complexity index is 929. The van der Waals surface area contributed by atoms with Crippen LogP contribution in [0.3, 0.4) is 0 Å². The van der Waals surface area contributed by atoms with Gasteiger partial charge in [0.2, 0.25) is 0 Å². The topological polar surface area (TPSA) is 0 Å². The fourth-order valence-electron chi connectivity index (χ4n) is 1.80. The van der Waals surface area contributed by atoms with E-state index in [1.54, 1.807) is 6.92 Å². The van der Waals surface area contributed by atoms with Gasteiger partial charge in [-0.3, -0.25) is 0 Å². The maximum atomic E-state index is 4.82. The van der Waals surface area contributed by atoms with E-state index in [0.29, 0.717) is 0 Å². The van der Waals surface area contributed by atoms with Gasteiger partial charge >= 0.3 is 0 Å². The van der Waals surface area contributed by atoms with Crippen molar-refractivity contribution in [3.8, 4) is 47.9 Å². The van der Waals surface area contributed by atoms with E-state index < -0.39 is 0 Å². The van der Waals surface area contributed by atoms with E-state index in [0.717, 1.165) is 0 Å². The summed E-state index contributed by atoms with van der Waals surface area (Å²) in [5, 5.41) is 0. The number of aryl methyl sites for hydroxylation is 3. The molecule has 3 rings (SSSR count). The van der Waals surface area contributed by atoms with Crippen molar-refractivity contribution in [2.45, 2.75) is 69.2 Å². The molecule has 0 amide bonds. The highest BCUT2D eigenvalue weighted by Gasteiger charge is 1.73. The molecule has 0 nitrogen and oxygen atoms in total. The van der Waals surface area contributed by atoms with Gasteiger partial charge in [-0.2, -0.15) is 0 Å². The molecule has 0 bridgehead atoms. The second-order valence-electron chi connectivity index (χ2n) is 5.98. The van der Waals surface area contributed by atoms with Crippen LogP contribution in [-0.4, -0.2) is 0 Å². The fraction of sp³-hybridized carbons (Fsp3) is 0.278. The van der Waals surface area contributed by atoms with Crippen LogP contribution in [0.4, 0.5) is 0 Å². The van der Waals surface area contributed by atoms with Gasteiger partial charge in [-0.15, -0.1) is 6.42 Å². The Morgan fingerprint density at radius 2 is 0.667 bits per heavy atom. The van der Waals surface area contributed by atoms with Gasteiger partial charge in [0.1, 0.15) is 0 Å². The van der Waals surface area contributed by atoms with Crippen LogP contribution in [0.25, 0.3) is 0 Å². The van der Waals surface area contributed by atoms with Gasteiger partial charge in [0.25, 0.3) is 0 Å². The van der Waals surface area contributed by atoms with E-state index >= 15 is 0 Å². The van der Waals surface area contributed by atoms with Gasteiger partial charge in [0.05, 0.1) is 0 Å². The Morgan fingerprint density at radius 3 is 0.861 bits per heavy atom. The molecule has 0 aliphatic carbocycles. The van der Waals surface area contributed by atoms with Gasteiger partial charge in [0.15, 0.2) is 0 Å². The summed E-state index contributed by atoms with van der Waals surface area (Å²) < 4.78 is 0. The second kappa shape index (κ2) is 38.2. The van der Waals surface area contributed by atoms with Crippen LogP contribution in [0.15, 0.2) is 91.0 Å². The lowest BCUT2D eigenvalue weighted by Crippen LogP contribution is -1.62. The predicted molar refractivity (Wildman–Crippen MR) is 165 cm³/mol. The van der Waals surface area contributed by atoms with Crippen LogP contribution >= 0.6 is 0 Å². The first kappa shape index (κ1) is 39.1. The lowest BCUT2D eigenvalue weighted by atomic mass is 10.2. The van der Waals surface area contributed by atoms with Gasteiger partial charge in [-0.25, -0.2) is 0 Å². The first-order valence-corrected chi connectivity index (χ1v) is 12.5. The lowest BCUT2D eigenvalue weighted by molar-refractivity contribution is 1.48. The number of benzene rings is 3. The summed E-state index contributed by atoms with van der Waals surface area (Å²) in [5.74, 6) is 17.0. The third-order valence-electron chi connectivity index (χ3n) is 3.27. The Labute approximate surface area is 224 Å². The summed E-state index contributed by atoms with van der Waals surface area (Å²) >= 11 is 0. The van der Waals surface area contributed by atoms with Gasteiger partial charge in [-0.05, 0) is 63.2 Å². The molecule has 0 saturated carbocycles. The normalized spacial score (nSPS) is 6.47. The molecule has 36 heavy (non-hydrogen) atoms. The summed E-state index contributed by atoms with van der Waals surface area (Å²) in [6, 6.07) is 30.8. The zero-order chi connectivity index (χ0) is 28.3. The quantitative estimate of drug-likeness (QED) is 0.282. The van der Waals surface area contributed by atoms with Crippen LogP contribution in [0.5, 0.6) is 0 Å². The monoisotopic (exact) mass is 478 g/mol. The van der Waals surface area contributed by atoms with E-state index in [2.05, 4.69) is 98.6 Å². The van der Waals surface area contributed by atoms with Crippen molar-refractivity contribution < 1.29 is 0 Å². The molecule has 3 aromatic rings. The van der Waals surface area contributed by atoms with Crippen molar-refractivity contribution >= 4 is 0 Å². The van der Waals surface area contributed by atoms with Crippen molar-refractivity contribution in [3.05, 3.63) is 108 Å². The molecule has 0 heterocycles. The fourth-order valence-corrected chi connectivity index (χ4v) is 1.80. The minimum absolute atomic E-state index is 1.32. The van der Waals surface area contributed by atoms with E-state index in [1.165, 1.54) is 16.7 Å². The zero-order valence-corrected chi connectivity index (χ0v) is 24.2. The van der Waals surface area contributed by atoms with Crippen LogP contribution in [0.2, 0.25) is 0 Å². The minimum atomic E-state index is 1.32. The highest BCUT2D eigenvalue weighted by Crippen LogP contribution is 1.93. The molecule has 190 valence electrons. The van der Waals surface area contributed by atoms with Gasteiger partial charge in [-0.1, -0.05) is 155 Å². The molecule has 0 unspecified atom stereocenters. The Morgan fingerprint density at radius 1 is 0.417 bits per heavy atom. The van der Waals surface area contributed by atoms with Crippen molar-refractivity contribution in [2.24, 2.45) is 0 Å². The predicted octanol–water partition coefficient (Wildman–Crippen LogP) is 9.71. The molecular weight excluding hydrogens is 432 g/mol. The molecule has 0 aliphatic rings. The first-order chi connectivity index (χ1) is 17.6. The van der Waals surface area contributed by atoms with Crippen molar-refractivity contribution in [1.82, 2.24) is 0 Å². The number of hydrogen-bond donors (Lipinski definition) is 0. The minimum Gasteiger partial charge on any atom is -0.106 e. The van der Waals surface area contributed by atoms with E-state index in [-0.39, 0.29) is 0 Å². The standard InChI is InChI=1S/C9H4.3C7H8.3C2H6/c1-3-5-7-9-8-6-4-2;3*1-7-5-3-2-4-6-7;3*1-2/h1H,2H3;3*2-6H,1H3;3*1-2H3. The third kappa shape index (κ3) is 37.2. The van der Waals surface area contributed by atoms with Crippen LogP contribution in [0, 0.1) is 68.6 Å². The summed E-state index contributed by atoms with van der Waals surface area (Å²) in [6.07, 6.45) is 4.82. The molecule has 0 atom stereocenters. The smallest absolute Gasteiger partial charge is 0.0000348 e. The van der Waals surface area contributed by atoms with Crippen molar-refractivity contribution in [1.29, 1.82) is 0 Å². The average molecular weight is 479 g/mol. The average Bonchev–Trinajstić information content (AvgIpc) is 2.94. The first-order valence-electron chi connectivity index (χ1n) is 12.5. The van der Waals surface area contributed by atoms with Crippen LogP contribution < -0.4 is 0 Å². The lowest BCUT2D eigenvalue weighted by Gasteiger charge is -1.82. The van der Waals surface area contributed by atoms with Crippen molar-refractivity contribution in [2.75, 3.05) is 0 Å². The molecule has 0 aromatic heterocycles. The molecular formula is C36H46. The molecule has 0 radical (unpaired) electrons. The molecule has 0 N–H and O–H groups in total. The molecule has 0 aliphatic heterocycles. The SMILES string of the molecule is C#CC#CC#CC#CC.CC.CC.CC.Cc1ccccc1.Cc1ccccc1.Cc1ccccc1. The molecule has 0 spiro atoms. The molecule has 0 saturated heterocycles. The van der Waals surface area contributed by atoms with E-state index in [1.807, 2.05) is 96.1 Å².